The highest BCUT2D eigenvalue weighted by atomic mass is 35.5. The van der Waals surface area contributed by atoms with E-state index in [0.717, 1.165) is 0 Å². The van der Waals surface area contributed by atoms with Crippen molar-refractivity contribution < 1.29 is 8.42 Å². The molecule has 0 radical (unpaired) electrons. The molecule has 0 aliphatic rings. The second-order valence-electron chi connectivity index (χ2n) is 4.75. The highest BCUT2D eigenvalue weighted by Gasteiger charge is 2.16. The van der Waals surface area contributed by atoms with Crippen LogP contribution in [0.1, 0.15) is 12.5 Å². The molecule has 0 aliphatic carbocycles. The van der Waals surface area contributed by atoms with Gasteiger partial charge in [0.2, 0.25) is 10.0 Å². The smallest absolute Gasteiger partial charge is 0.216 e. The number of nitrogens with one attached hydrogen (secondary N) is 1. The van der Waals surface area contributed by atoms with E-state index in [9.17, 15) is 8.42 Å². The number of nitrogens with zero attached hydrogens (tertiary/aromatic N) is 2. The van der Waals surface area contributed by atoms with E-state index < -0.39 is 10.0 Å². The van der Waals surface area contributed by atoms with E-state index in [1.807, 2.05) is 0 Å². The monoisotopic (exact) mass is 347 g/mol. The molecule has 0 saturated heterocycles. The standard InChI is InChI=1S/C13H15Cl2N3O2S/c1-10(8-18-6-2-5-16-18)17-21(19,20)9-11-3-4-12(14)13(15)7-11/h2-7,10,17H,8-9H2,1H3/t10-/m1/s1. The van der Waals surface area contributed by atoms with Gasteiger partial charge in [0.05, 0.1) is 22.3 Å². The highest BCUT2D eigenvalue weighted by molar-refractivity contribution is 7.88. The molecule has 0 fully saturated rings. The molecule has 2 rings (SSSR count). The lowest BCUT2D eigenvalue weighted by molar-refractivity contribution is 0.493. The van der Waals surface area contributed by atoms with Crippen molar-refractivity contribution in [3.63, 3.8) is 0 Å². The molecule has 1 heterocycles. The molecule has 0 spiro atoms. The van der Waals surface area contributed by atoms with Gasteiger partial charge in [0.1, 0.15) is 0 Å². The fourth-order valence-corrected chi connectivity index (χ4v) is 3.63. The van der Waals surface area contributed by atoms with Crippen LogP contribution in [-0.2, 0) is 22.3 Å². The first-order valence-corrected chi connectivity index (χ1v) is 8.68. The quantitative estimate of drug-likeness (QED) is 0.873. The van der Waals surface area contributed by atoms with Gasteiger partial charge >= 0.3 is 0 Å². The molecule has 0 saturated carbocycles. The molecule has 1 N–H and O–H groups in total. The Bertz CT molecular complexity index is 702. The molecule has 0 aliphatic heterocycles. The first-order chi connectivity index (χ1) is 9.85. The lowest BCUT2D eigenvalue weighted by Crippen LogP contribution is -2.36. The van der Waals surface area contributed by atoms with Crippen LogP contribution >= 0.6 is 23.2 Å². The summed E-state index contributed by atoms with van der Waals surface area (Å²) in [5.74, 6) is -0.145. The van der Waals surface area contributed by atoms with Crippen molar-refractivity contribution in [2.24, 2.45) is 0 Å². The molecule has 1 aromatic heterocycles. The number of halogens is 2. The Morgan fingerprint density at radius 2 is 2.10 bits per heavy atom. The minimum absolute atomic E-state index is 0.145. The van der Waals surface area contributed by atoms with Gasteiger partial charge in [-0.3, -0.25) is 4.68 Å². The van der Waals surface area contributed by atoms with Crippen LogP contribution in [0.3, 0.4) is 0 Å². The zero-order valence-electron chi connectivity index (χ0n) is 11.3. The van der Waals surface area contributed by atoms with Crippen LogP contribution in [0.4, 0.5) is 0 Å². The molecule has 1 aromatic carbocycles. The molecule has 114 valence electrons. The Hall–Kier alpha value is -1.08. The number of rotatable bonds is 6. The van der Waals surface area contributed by atoms with Crippen molar-refractivity contribution in [3.8, 4) is 0 Å². The average molecular weight is 348 g/mol. The van der Waals surface area contributed by atoms with Crippen LogP contribution in [0.5, 0.6) is 0 Å². The van der Waals surface area contributed by atoms with E-state index in [2.05, 4.69) is 9.82 Å². The minimum atomic E-state index is -3.46. The van der Waals surface area contributed by atoms with E-state index in [0.29, 0.717) is 22.2 Å². The number of aromatic nitrogens is 2. The third-order valence-electron chi connectivity index (χ3n) is 2.74. The fourth-order valence-electron chi connectivity index (χ4n) is 1.92. The molecular weight excluding hydrogens is 333 g/mol. The van der Waals surface area contributed by atoms with E-state index in [4.69, 9.17) is 23.2 Å². The Morgan fingerprint density at radius 1 is 1.33 bits per heavy atom. The van der Waals surface area contributed by atoms with Gasteiger partial charge in [-0.25, -0.2) is 13.1 Å². The first-order valence-electron chi connectivity index (χ1n) is 6.27. The number of benzene rings is 1. The Kier molecular flexibility index (Phi) is 5.27. The van der Waals surface area contributed by atoms with Gasteiger partial charge in [0.25, 0.3) is 0 Å². The third-order valence-corrected chi connectivity index (χ3v) is 4.96. The third kappa shape index (κ3) is 5.00. The topological polar surface area (TPSA) is 64.0 Å². The minimum Gasteiger partial charge on any atom is -0.271 e. The summed E-state index contributed by atoms with van der Waals surface area (Å²) >= 11 is 11.7. The summed E-state index contributed by atoms with van der Waals surface area (Å²) in [6.45, 7) is 2.25. The predicted octanol–water partition coefficient (Wildman–Crippen LogP) is 2.70. The lowest BCUT2D eigenvalue weighted by atomic mass is 10.2. The summed E-state index contributed by atoms with van der Waals surface area (Å²) < 4.78 is 28.5. The molecule has 8 heteroatoms. The van der Waals surface area contributed by atoms with Gasteiger partial charge in [-0.05, 0) is 30.7 Å². The maximum Gasteiger partial charge on any atom is 0.216 e. The Balaban J connectivity index is 1.99. The summed E-state index contributed by atoms with van der Waals surface area (Å²) in [6.07, 6.45) is 3.43. The van der Waals surface area contributed by atoms with Crippen LogP contribution < -0.4 is 4.72 Å². The summed E-state index contributed by atoms with van der Waals surface area (Å²) in [4.78, 5) is 0. The van der Waals surface area contributed by atoms with Crippen molar-refractivity contribution in [2.75, 3.05) is 0 Å². The predicted molar refractivity (Wildman–Crippen MR) is 83.9 cm³/mol. The Morgan fingerprint density at radius 3 is 2.71 bits per heavy atom. The van der Waals surface area contributed by atoms with Crippen molar-refractivity contribution in [1.29, 1.82) is 0 Å². The largest absolute Gasteiger partial charge is 0.271 e. The molecule has 0 bridgehead atoms. The molecular formula is C13H15Cl2N3O2S. The number of hydrogen-bond donors (Lipinski definition) is 1. The molecule has 0 unspecified atom stereocenters. The van der Waals surface area contributed by atoms with Crippen molar-refractivity contribution in [2.45, 2.75) is 25.3 Å². The van der Waals surface area contributed by atoms with Crippen LogP contribution in [0.15, 0.2) is 36.7 Å². The van der Waals surface area contributed by atoms with Gasteiger partial charge in [0, 0.05) is 18.4 Å². The molecule has 1 atom stereocenters. The number of sulfonamides is 1. The molecule has 0 amide bonds. The second kappa shape index (κ2) is 6.79. The van der Waals surface area contributed by atoms with Crippen molar-refractivity contribution >= 4 is 33.2 Å². The van der Waals surface area contributed by atoms with E-state index >= 15 is 0 Å². The molecule has 21 heavy (non-hydrogen) atoms. The van der Waals surface area contributed by atoms with Crippen molar-refractivity contribution in [1.82, 2.24) is 14.5 Å². The summed E-state index contributed by atoms with van der Waals surface area (Å²) in [6, 6.07) is 6.31. The van der Waals surface area contributed by atoms with Gasteiger partial charge in [-0.1, -0.05) is 29.3 Å². The molecule has 2 aromatic rings. The summed E-state index contributed by atoms with van der Waals surface area (Å²) in [7, 11) is -3.46. The summed E-state index contributed by atoms with van der Waals surface area (Å²) in [5.41, 5.74) is 0.586. The van der Waals surface area contributed by atoms with Gasteiger partial charge < -0.3 is 0 Å². The van der Waals surface area contributed by atoms with Crippen LogP contribution in [0.25, 0.3) is 0 Å². The lowest BCUT2D eigenvalue weighted by Gasteiger charge is -2.14. The SMILES string of the molecule is C[C@H](Cn1cccn1)NS(=O)(=O)Cc1ccc(Cl)c(Cl)c1. The van der Waals surface area contributed by atoms with Crippen LogP contribution in [-0.4, -0.2) is 24.2 Å². The van der Waals surface area contributed by atoms with Gasteiger partial charge in [0.15, 0.2) is 0 Å². The molecule has 5 nitrogen and oxygen atoms in total. The van der Waals surface area contributed by atoms with Gasteiger partial charge in [-0.15, -0.1) is 0 Å². The zero-order valence-corrected chi connectivity index (χ0v) is 13.7. The fraction of sp³-hybridized carbons (Fsp3) is 0.308. The second-order valence-corrected chi connectivity index (χ2v) is 7.32. The van der Waals surface area contributed by atoms with E-state index in [1.54, 1.807) is 48.3 Å². The highest BCUT2D eigenvalue weighted by Crippen LogP contribution is 2.23. The van der Waals surface area contributed by atoms with Crippen LogP contribution in [0.2, 0.25) is 10.0 Å². The normalized spacial score (nSPS) is 13.3. The van der Waals surface area contributed by atoms with E-state index in [-0.39, 0.29) is 11.8 Å². The zero-order chi connectivity index (χ0) is 15.5. The maximum absolute atomic E-state index is 12.1. The number of hydrogen-bond acceptors (Lipinski definition) is 3. The first kappa shape index (κ1) is 16.3. The van der Waals surface area contributed by atoms with Crippen LogP contribution in [0, 0.1) is 0 Å². The van der Waals surface area contributed by atoms with E-state index in [1.165, 1.54) is 0 Å². The van der Waals surface area contributed by atoms with Gasteiger partial charge in [-0.2, -0.15) is 5.10 Å². The van der Waals surface area contributed by atoms with Crippen molar-refractivity contribution in [3.05, 3.63) is 52.3 Å². The maximum atomic E-state index is 12.1. The summed E-state index contributed by atoms with van der Waals surface area (Å²) in [5, 5.41) is 4.78. The average Bonchev–Trinajstić information content (AvgIpc) is 2.85. The Labute approximate surface area is 133 Å².